The van der Waals surface area contributed by atoms with Crippen molar-refractivity contribution in [2.75, 3.05) is 6.54 Å². The number of halogens is 1. The molecule has 1 aromatic carbocycles. The fourth-order valence-electron chi connectivity index (χ4n) is 1.45. The van der Waals surface area contributed by atoms with Crippen LogP contribution in [-0.4, -0.2) is 16.7 Å². The maximum absolute atomic E-state index is 13.9. The Morgan fingerprint density at radius 1 is 1.44 bits per heavy atom. The van der Waals surface area contributed by atoms with E-state index in [0.29, 0.717) is 11.4 Å². The third-order valence-corrected chi connectivity index (χ3v) is 4.12. The lowest BCUT2D eigenvalue weighted by Crippen LogP contribution is -2.13. The smallest absolute Gasteiger partial charge is 0.178 e. The van der Waals surface area contributed by atoms with E-state index in [9.17, 15) is 4.39 Å². The number of hydrogen-bond donors (Lipinski definition) is 1. The Morgan fingerprint density at radius 3 is 3.00 bits per heavy atom. The van der Waals surface area contributed by atoms with Crippen LogP contribution in [-0.2, 0) is 6.54 Å². The number of nitrogens with one attached hydrogen (secondary N) is 1. The topological polar surface area (TPSA) is 37.8 Å². The molecule has 1 N–H and O–H groups in total. The van der Waals surface area contributed by atoms with E-state index >= 15 is 0 Å². The van der Waals surface area contributed by atoms with Gasteiger partial charge in [-0.05, 0) is 30.7 Å². The van der Waals surface area contributed by atoms with Crippen molar-refractivity contribution in [3.05, 3.63) is 35.1 Å². The molecule has 1 heterocycles. The molecule has 2 rings (SSSR count). The molecule has 3 nitrogen and oxygen atoms in total. The highest BCUT2D eigenvalue weighted by Crippen LogP contribution is 2.30. The Balaban J connectivity index is 2.01. The van der Waals surface area contributed by atoms with Crippen molar-refractivity contribution in [1.82, 2.24) is 15.5 Å². The van der Waals surface area contributed by atoms with Crippen molar-refractivity contribution >= 4 is 23.1 Å². The van der Waals surface area contributed by atoms with Gasteiger partial charge >= 0.3 is 0 Å². The molecule has 0 aliphatic rings. The molecule has 18 heavy (non-hydrogen) atoms. The Morgan fingerprint density at radius 2 is 2.33 bits per heavy atom. The molecule has 0 aliphatic carbocycles. The van der Waals surface area contributed by atoms with Crippen LogP contribution in [0.1, 0.15) is 18.9 Å². The molecule has 6 heteroatoms. The first-order chi connectivity index (χ1) is 8.79. The highest BCUT2D eigenvalue weighted by Gasteiger charge is 2.07. The van der Waals surface area contributed by atoms with Crippen LogP contribution < -0.4 is 5.32 Å². The largest absolute Gasteiger partial charge is 0.313 e. The molecule has 0 radical (unpaired) electrons. The second-order valence-corrected chi connectivity index (χ2v) is 5.87. The fraction of sp³-hybridized carbons (Fsp3) is 0.333. The molecule has 0 spiro atoms. The molecule has 1 aromatic heterocycles. The second-order valence-electron chi connectivity index (χ2n) is 3.75. The zero-order valence-electron chi connectivity index (χ0n) is 10.0. The average Bonchev–Trinajstić information content (AvgIpc) is 2.86. The Hall–Kier alpha value is -0.980. The minimum atomic E-state index is -0.203. The molecule has 2 aromatic rings. The number of hydrogen-bond acceptors (Lipinski definition) is 5. The van der Waals surface area contributed by atoms with Crippen molar-refractivity contribution in [3.8, 4) is 0 Å². The van der Waals surface area contributed by atoms with Gasteiger partial charge < -0.3 is 5.32 Å². The summed E-state index contributed by atoms with van der Waals surface area (Å²) >= 11 is 2.72. The van der Waals surface area contributed by atoms with Crippen molar-refractivity contribution in [2.45, 2.75) is 29.1 Å². The van der Waals surface area contributed by atoms with Gasteiger partial charge in [0.25, 0.3) is 0 Å². The van der Waals surface area contributed by atoms with E-state index in [4.69, 9.17) is 0 Å². The van der Waals surface area contributed by atoms with Gasteiger partial charge in [0, 0.05) is 6.54 Å². The summed E-state index contributed by atoms with van der Waals surface area (Å²) in [4.78, 5) is 0.589. The maximum Gasteiger partial charge on any atom is 0.178 e. The molecule has 0 atom stereocenters. The second kappa shape index (κ2) is 6.82. The summed E-state index contributed by atoms with van der Waals surface area (Å²) in [5, 5.41) is 10.9. The van der Waals surface area contributed by atoms with Crippen LogP contribution in [0.2, 0.25) is 0 Å². The van der Waals surface area contributed by atoms with Crippen LogP contribution >= 0.6 is 23.1 Å². The molecule has 0 amide bonds. The molecule has 0 saturated carbocycles. The van der Waals surface area contributed by atoms with Crippen LogP contribution in [0.3, 0.4) is 0 Å². The van der Waals surface area contributed by atoms with E-state index in [-0.39, 0.29) is 5.82 Å². The fourth-order valence-corrected chi connectivity index (χ4v) is 2.89. The van der Waals surface area contributed by atoms with Crippen LogP contribution in [0, 0.1) is 5.82 Å². The summed E-state index contributed by atoms with van der Waals surface area (Å²) in [6.45, 7) is 3.76. The third-order valence-electron chi connectivity index (χ3n) is 2.29. The van der Waals surface area contributed by atoms with E-state index in [1.807, 2.05) is 6.07 Å². The van der Waals surface area contributed by atoms with Crippen molar-refractivity contribution in [2.24, 2.45) is 0 Å². The number of aromatic nitrogens is 2. The van der Waals surface area contributed by atoms with Crippen LogP contribution in [0.5, 0.6) is 0 Å². The van der Waals surface area contributed by atoms with E-state index < -0.39 is 0 Å². The first-order valence-corrected chi connectivity index (χ1v) is 7.42. The van der Waals surface area contributed by atoms with Crippen molar-refractivity contribution in [1.29, 1.82) is 0 Å². The summed E-state index contributed by atoms with van der Waals surface area (Å²) in [5.41, 5.74) is 2.60. The van der Waals surface area contributed by atoms with Crippen LogP contribution in [0.25, 0.3) is 0 Å². The quantitative estimate of drug-likeness (QED) is 0.825. The highest BCUT2D eigenvalue weighted by molar-refractivity contribution is 8.01. The van der Waals surface area contributed by atoms with E-state index in [1.165, 1.54) is 23.1 Å². The van der Waals surface area contributed by atoms with Crippen molar-refractivity contribution < 1.29 is 4.39 Å². The monoisotopic (exact) mass is 283 g/mol. The minimum absolute atomic E-state index is 0.203. The van der Waals surface area contributed by atoms with Gasteiger partial charge in [-0.15, -0.1) is 10.2 Å². The molecule has 0 fully saturated rings. The van der Waals surface area contributed by atoms with Crippen LogP contribution in [0.15, 0.2) is 32.9 Å². The molecule has 96 valence electrons. The number of benzene rings is 1. The Bertz CT molecular complexity index is 488. The van der Waals surface area contributed by atoms with E-state index in [0.717, 1.165) is 22.9 Å². The predicted octanol–water partition coefficient (Wildman–Crippen LogP) is 3.33. The normalized spacial score (nSPS) is 10.8. The standard InChI is InChI=1S/C12H14FN3S2/c1-2-5-14-7-9-3-4-11(10(13)6-9)18-12-16-15-8-17-12/h3-4,6,8,14H,2,5,7H2,1H3. The molecule has 0 unspecified atom stereocenters. The summed E-state index contributed by atoms with van der Waals surface area (Å²) in [6, 6.07) is 5.31. The lowest BCUT2D eigenvalue weighted by molar-refractivity contribution is 0.595. The number of rotatable bonds is 6. The zero-order chi connectivity index (χ0) is 12.8. The third kappa shape index (κ3) is 3.76. The van der Waals surface area contributed by atoms with Gasteiger partial charge in [0.05, 0.1) is 4.90 Å². The van der Waals surface area contributed by atoms with Gasteiger partial charge in [-0.25, -0.2) is 4.39 Å². The first-order valence-electron chi connectivity index (χ1n) is 5.72. The molecular formula is C12H14FN3S2. The molecule has 0 bridgehead atoms. The van der Waals surface area contributed by atoms with Gasteiger partial charge in [-0.3, -0.25) is 0 Å². The molecule has 0 saturated heterocycles. The minimum Gasteiger partial charge on any atom is -0.313 e. The van der Waals surface area contributed by atoms with Gasteiger partial charge in [-0.2, -0.15) is 0 Å². The summed E-state index contributed by atoms with van der Waals surface area (Å²) in [6.07, 6.45) is 1.08. The Kier molecular flexibility index (Phi) is 5.10. The summed E-state index contributed by atoms with van der Waals surface area (Å²) in [5.74, 6) is -0.203. The SMILES string of the molecule is CCCNCc1ccc(Sc2nncs2)c(F)c1. The lowest BCUT2D eigenvalue weighted by Gasteiger charge is -2.05. The van der Waals surface area contributed by atoms with Gasteiger partial charge in [0.1, 0.15) is 11.3 Å². The van der Waals surface area contributed by atoms with E-state index in [1.54, 1.807) is 17.6 Å². The molecular weight excluding hydrogens is 269 g/mol. The van der Waals surface area contributed by atoms with E-state index in [2.05, 4.69) is 22.4 Å². The summed E-state index contributed by atoms with van der Waals surface area (Å²) < 4.78 is 14.6. The van der Waals surface area contributed by atoms with Crippen LogP contribution in [0.4, 0.5) is 4.39 Å². The number of nitrogens with zero attached hydrogens (tertiary/aromatic N) is 2. The van der Waals surface area contributed by atoms with Gasteiger partial charge in [0.2, 0.25) is 0 Å². The zero-order valence-corrected chi connectivity index (χ0v) is 11.7. The first kappa shape index (κ1) is 13.5. The average molecular weight is 283 g/mol. The summed E-state index contributed by atoms with van der Waals surface area (Å²) in [7, 11) is 0. The lowest BCUT2D eigenvalue weighted by atomic mass is 10.2. The maximum atomic E-state index is 13.9. The van der Waals surface area contributed by atoms with Crippen molar-refractivity contribution in [3.63, 3.8) is 0 Å². The Labute approximate surface area is 114 Å². The van der Waals surface area contributed by atoms with Gasteiger partial charge in [0.15, 0.2) is 4.34 Å². The molecule has 0 aliphatic heterocycles. The van der Waals surface area contributed by atoms with Gasteiger partial charge in [-0.1, -0.05) is 36.1 Å². The highest BCUT2D eigenvalue weighted by atomic mass is 32.2. The predicted molar refractivity (Wildman–Crippen MR) is 72.4 cm³/mol.